The van der Waals surface area contributed by atoms with E-state index < -0.39 is 0 Å². The second-order valence-electron chi connectivity index (χ2n) is 6.61. The van der Waals surface area contributed by atoms with E-state index in [0.29, 0.717) is 18.2 Å². The van der Waals surface area contributed by atoms with Crippen molar-refractivity contribution in [3.8, 4) is 22.5 Å². The molecule has 0 unspecified atom stereocenters. The predicted molar refractivity (Wildman–Crippen MR) is 99.7 cm³/mol. The van der Waals surface area contributed by atoms with Crippen LogP contribution in [-0.4, -0.2) is 32.2 Å². The summed E-state index contributed by atoms with van der Waals surface area (Å²) in [4.78, 5) is 17.0. The number of carbonyl (C=O) groups is 1. The zero-order chi connectivity index (χ0) is 18.1. The van der Waals surface area contributed by atoms with E-state index in [-0.39, 0.29) is 5.91 Å². The zero-order valence-electron chi connectivity index (χ0n) is 14.9. The fourth-order valence-electron chi connectivity index (χ4n) is 3.12. The molecule has 26 heavy (non-hydrogen) atoms. The molecular formula is C20H21N5O. The minimum absolute atomic E-state index is 0.132. The van der Waals surface area contributed by atoms with Crippen LogP contribution in [-0.2, 0) is 7.05 Å². The van der Waals surface area contributed by atoms with Crippen LogP contribution in [0.2, 0.25) is 0 Å². The van der Waals surface area contributed by atoms with Crippen molar-refractivity contribution in [1.82, 2.24) is 25.1 Å². The minimum atomic E-state index is -0.132. The number of hydrogen-bond acceptors (Lipinski definition) is 4. The van der Waals surface area contributed by atoms with Crippen LogP contribution in [0.25, 0.3) is 22.5 Å². The Kier molecular flexibility index (Phi) is 4.24. The molecule has 132 valence electrons. The van der Waals surface area contributed by atoms with E-state index in [1.54, 1.807) is 6.33 Å². The highest BCUT2D eigenvalue weighted by molar-refractivity contribution is 5.94. The first kappa shape index (κ1) is 16.4. The Labute approximate surface area is 152 Å². The van der Waals surface area contributed by atoms with Crippen LogP contribution >= 0.6 is 0 Å². The summed E-state index contributed by atoms with van der Waals surface area (Å²) in [7, 11) is 1.93. The summed E-state index contributed by atoms with van der Waals surface area (Å²) in [6, 6.07) is 12.0. The Morgan fingerprint density at radius 1 is 1.23 bits per heavy atom. The van der Waals surface area contributed by atoms with Crippen molar-refractivity contribution in [3.63, 3.8) is 0 Å². The van der Waals surface area contributed by atoms with Crippen molar-refractivity contribution in [3.05, 3.63) is 54.1 Å². The normalized spacial score (nSPS) is 13.6. The maximum Gasteiger partial charge on any atom is 0.269 e. The Balaban J connectivity index is 1.86. The lowest BCUT2D eigenvalue weighted by Crippen LogP contribution is -2.24. The third-order valence-corrected chi connectivity index (χ3v) is 4.60. The number of rotatable bonds is 5. The van der Waals surface area contributed by atoms with Crippen LogP contribution in [0.4, 0.5) is 0 Å². The van der Waals surface area contributed by atoms with E-state index in [1.165, 1.54) is 0 Å². The number of nitrogens with one attached hydrogen (secondary N) is 1. The number of amides is 1. The predicted octanol–water partition coefficient (Wildman–Crippen LogP) is 3.17. The molecule has 0 bridgehead atoms. The van der Waals surface area contributed by atoms with Crippen molar-refractivity contribution in [1.29, 1.82) is 0 Å². The standard InChI is InChI=1S/C20H21N5O/c1-3-21-20(26)18-11-14(10-17(23-18)13-8-9-13)15-6-4-5-7-16(15)19-24-22-12-25(19)2/h4-7,10-13H,3,8-9H2,1-2H3,(H,21,26). The first-order valence-electron chi connectivity index (χ1n) is 8.91. The van der Waals surface area contributed by atoms with Gasteiger partial charge in [-0.1, -0.05) is 24.3 Å². The first-order chi connectivity index (χ1) is 12.7. The number of aromatic nitrogens is 4. The van der Waals surface area contributed by atoms with E-state index in [1.807, 2.05) is 42.8 Å². The lowest BCUT2D eigenvalue weighted by atomic mass is 9.97. The van der Waals surface area contributed by atoms with Crippen molar-refractivity contribution >= 4 is 5.91 Å². The molecule has 1 aliphatic carbocycles. The summed E-state index contributed by atoms with van der Waals surface area (Å²) in [6.45, 7) is 2.49. The average Bonchev–Trinajstić information content (AvgIpc) is 3.43. The molecule has 1 aliphatic rings. The van der Waals surface area contributed by atoms with Gasteiger partial charge in [0.1, 0.15) is 12.0 Å². The van der Waals surface area contributed by atoms with Gasteiger partial charge in [-0.15, -0.1) is 10.2 Å². The number of pyridine rings is 1. The number of carbonyl (C=O) groups excluding carboxylic acids is 1. The fourth-order valence-corrected chi connectivity index (χ4v) is 3.12. The van der Waals surface area contributed by atoms with Gasteiger partial charge in [0.05, 0.1) is 0 Å². The summed E-state index contributed by atoms with van der Waals surface area (Å²) in [5.41, 5.74) is 4.47. The highest BCUT2D eigenvalue weighted by atomic mass is 16.1. The number of aryl methyl sites for hydroxylation is 1. The molecule has 4 rings (SSSR count). The maximum atomic E-state index is 12.4. The Morgan fingerprint density at radius 2 is 2.00 bits per heavy atom. The second kappa shape index (κ2) is 6.71. The molecule has 0 spiro atoms. The molecule has 0 atom stereocenters. The summed E-state index contributed by atoms with van der Waals surface area (Å²) >= 11 is 0. The molecule has 1 aromatic carbocycles. The van der Waals surface area contributed by atoms with E-state index in [9.17, 15) is 4.79 Å². The Morgan fingerprint density at radius 3 is 2.65 bits per heavy atom. The fraction of sp³-hybridized carbons (Fsp3) is 0.300. The van der Waals surface area contributed by atoms with Gasteiger partial charge in [-0.05, 0) is 43.0 Å². The van der Waals surface area contributed by atoms with Crippen molar-refractivity contribution in [2.45, 2.75) is 25.7 Å². The molecule has 2 heterocycles. The molecule has 1 N–H and O–H groups in total. The van der Waals surface area contributed by atoms with E-state index >= 15 is 0 Å². The first-order valence-corrected chi connectivity index (χ1v) is 8.91. The van der Waals surface area contributed by atoms with E-state index in [0.717, 1.165) is 41.1 Å². The van der Waals surface area contributed by atoms with Crippen molar-refractivity contribution in [2.75, 3.05) is 6.54 Å². The summed E-state index contributed by atoms with van der Waals surface area (Å²) < 4.78 is 1.90. The SMILES string of the molecule is CCNC(=O)c1cc(-c2ccccc2-c2nncn2C)cc(C2CC2)n1. The topological polar surface area (TPSA) is 72.7 Å². The minimum Gasteiger partial charge on any atom is -0.351 e. The molecule has 0 aliphatic heterocycles. The number of benzene rings is 1. The average molecular weight is 347 g/mol. The van der Waals surface area contributed by atoms with Gasteiger partial charge in [-0.2, -0.15) is 0 Å². The molecule has 1 amide bonds. The van der Waals surface area contributed by atoms with Gasteiger partial charge in [0, 0.05) is 30.8 Å². The summed E-state index contributed by atoms with van der Waals surface area (Å²) in [5.74, 6) is 1.13. The van der Waals surface area contributed by atoms with Crippen LogP contribution in [0.3, 0.4) is 0 Å². The Hall–Kier alpha value is -3.02. The van der Waals surface area contributed by atoms with E-state index in [2.05, 4.69) is 32.6 Å². The van der Waals surface area contributed by atoms with Crippen molar-refractivity contribution < 1.29 is 4.79 Å². The van der Waals surface area contributed by atoms with Crippen LogP contribution < -0.4 is 5.32 Å². The summed E-state index contributed by atoms with van der Waals surface area (Å²) in [5, 5.41) is 11.1. The molecular weight excluding hydrogens is 326 g/mol. The maximum absolute atomic E-state index is 12.4. The van der Waals surface area contributed by atoms with Crippen LogP contribution in [0.5, 0.6) is 0 Å². The molecule has 6 nitrogen and oxygen atoms in total. The molecule has 0 radical (unpaired) electrons. The molecule has 1 fully saturated rings. The lowest BCUT2D eigenvalue weighted by Gasteiger charge is -2.12. The van der Waals surface area contributed by atoms with Gasteiger partial charge in [-0.3, -0.25) is 4.79 Å². The third kappa shape index (κ3) is 3.10. The largest absolute Gasteiger partial charge is 0.351 e. The lowest BCUT2D eigenvalue weighted by molar-refractivity contribution is 0.0950. The van der Waals surface area contributed by atoms with Gasteiger partial charge >= 0.3 is 0 Å². The second-order valence-corrected chi connectivity index (χ2v) is 6.61. The molecule has 6 heteroatoms. The smallest absolute Gasteiger partial charge is 0.269 e. The summed E-state index contributed by atoms with van der Waals surface area (Å²) in [6.07, 6.45) is 3.96. The molecule has 2 aromatic heterocycles. The molecule has 3 aromatic rings. The highest BCUT2D eigenvalue weighted by Crippen LogP contribution is 2.41. The zero-order valence-corrected chi connectivity index (χ0v) is 14.9. The molecule has 1 saturated carbocycles. The highest BCUT2D eigenvalue weighted by Gasteiger charge is 2.27. The van der Waals surface area contributed by atoms with Crippen LogP contribution in [0.15, 0.2) is 42.7 Å². The number of hydrogen-bond donors (Lipinski definition) is 1. The van der Waals surface area contributed by atoms with Crippen molar-refractivity contribution in [2.24, 2.45) is 7.05 Å². The van der Waals surface area contributed by atoms with Gasteiger partial charge in [-0.25, -0.2) is 4.98 Å². The third-order valence-electron chi connectivity index (χ3n) is 4.60. The van der Waals surface area contributed by atoms with Gasteiger partial charge in [0.15, 0.2) is 5.82 Å². The monoisotopic (exact) mass is 347 g/mol. The number of nitrogens with zero attached hydrogens (tertiary/aromatic N) is 4. The van der Waals surface area contributed by atoms with Gasteiger partial charge < -0.3 is 9.88 Å². The van der Waals surface area contributed by atoms with Crippen LogP contribution in [0, 0.1) is 0 Å². The van der Waals surface area contributed by atoms with Crippen LogP contribution in [0.1, 0.15) is 41.9 Å². The van der Waals surface area contributed by atoms with E-state index in [4.69, 9.17) is 0 Å². The Bertz CT molecular complexity index is 958. The van der Waals surface area contributed by atoms with Gasteiger partial charge in [0.25, 0.3) is 5.91 Å². The molecule has 0 saturated heterocycles. The van der Waals surface area contributed by atoms with Gasteiger partial charge in [0.2, 0.25) is 0 Å². The quantitative estimate of drug-likeness (QED) is 0.769.